The monoisotopic (exact) mass is 179 g/mol. The maximum atomic E-state index is 5.10. The van der Waals surface area contributed by atoms with Gasteiger partial charge < -0.3 is 0 Å². The van der Waals surface area contributed by atoms with E-state index in [9.17, 15) is 0 Å². The van der Waals surface area contributed by atoms with Crippen molar-refractivity contribution < 1.29 is 14.5 Å². The molecule has 0 unspecified atom stereocenters. The molecule has 0 rings (SSSR count). The highest BCUT2D eigenvalue weighted by Crippen LogP contribution is 2.02. The lowest BCUT2D eigenvalue weighted by Crippen LogP contribution is -2.45. The molecule has 0 aliphatic rings. The molecule has 0 aromatic rings. The molecule has 0 aliphatic carbocycles. The van der Waals surface area contributed by atoms with Gasteiger partial charge in [0.2, 0.25) is 0 Å². The molecule has 0 heterocycles. The Morgan fingerprint density at radius 3 is 2.33 bits per heavy atom. The lowest BCUT2D eigenvalue weighted by molar-refractivity contribution is -1.23. The number of nitrogens with two attached hydrogens (primary N) is 1. The van der Waals surface area contributed by atoms with Crippen LogP contribution in [0.25, 0.3) is 0 Å². The topological polar surface area (TPSA) is 68.5 Å². The SMILES string of the molecule is CO[N+](C)(CCCNNN)OC. The van der Waals surface area contributed by atoms with Crippen LogP contribution in [0.1, 0.15) is 6.42 Å². The molecule has 0 saturated heterocycles. The number of nitrogens with zero attached hydrogens (tertiary/aromatic N) is 1. The summed E-state index contributed by atoms with van der Waals surface area (Å²) in [6.45, 7) is 1.54. The summed E-state index contributed by atoms with van der Waals surface area (Å²) in [5, 5.41) is 0. The van der Waals surface area contributed by atoms with Crippen LogP contribution in [0.5, 0.6) is 0 Å². The van der Waals surface area contributed by atoms with Gasteiger partial charge in [-0.15, -0.1) is 0 Å². The van der Waals surface area contributed by atoms with Crippen molar-refractivity contribution in [1.29, 1.82) is 0 Å². The van der Waals surface area contributed by atoms with Gasteiger partial charge in [0, 0.05) is 13.0 Å². The first kappa shape index (κ1) is 11.8. The van der Waals surface area contributed by atoms with E-state index < -0.39 is 0 Å². The second kappa shape index (κ2) is 6.30. The Morgan fingerprint density at radius 2 is 1.92 bits per heavy atom. The third kappa shape index (κ3) is 4.60. The van der Waals surface area contributed by atoms with Crippen LogP contribution in [0.3, 0.4) is 0 Å². The fraction of sp³-hybridized carbons (Fsp3) is 1.00. The van der Waals surface area contributed by atoms with E-state index in [1.54, 1.807) is 14.2 Å². The Hall–Kier alpha value is -0.240. The second-order valence-corrected chi connectivity index (χ2v) is 2.53. The highest BCUT2D eigenvalue weighted by Gasteiger charge is 2.20. The molecule has 6 nitrogen and oxygen atoms in total. The van der Waals surface area contributed by atoms with Crippen molar-refractivity contribution in [2.24, 2.45) is 5.84 Å². The van der Waals surface area contributed by atoms with Gasteiger partial charge in [-0.25, -0.2) is 5.43 Å². The molecule has 74 valence electrons. The van der Waals surface area contributed by atoms with Crippen molar-refractivity contribution in [3.8, 4) is 0 Å². The zero-order chi connectivity index (χ0) is 9.45. The molecule has 0 saturated carbocycles. The minimum atomic E-state index is 0.145. The maximum Gasteiger partial charge on any atom is 0.143 e. The molecule has 0 aromatic carbocycles. The molecule has 0 fully saturated rings. The van der Waals surface area contributed by atoms with Crippen molar-refractivity contribution in [1.82, 2.24) is 11.0 Å². The zero-order valence-corrected chi connectivity index (χ0v) is 7.96. The molecular weight excluding hydrogens is 160 g/mol. The summed E-state index contributed by atoms with van der Waals surface area (Å²) in [4.78, 5) is 10.4. The van der Waals surface area contributed by atoms with E-state index in [0.29, 0.717) is 0 Å². The van der Waals surface area contributed by atoms with Gasteiger partial charge in [-0.1, -0.05) is 0 Å². The Kier molecular flexibility index (Phi) is 6.17. The van der Waals surface area contributed by atoms with Crippen LogP contribution >= 0.6 is 0 Å². The molecule has 0 aliphatic heterocycles. The molecule has 0 radical (unpaired) electrons. The van der Waals surface area contributed by atoms with Crippen molar-refractivity contribution >= 4 is 0 Å². The first-order valence-electron chi connectivity index (χ1n) is 3.84. The highest BCUT2D eigenvalue weighted by atomic mass is 17.0. The number of quaternary nitrogens is 1. The lowest BCUT2D eigenvalue weighted by atomic mass is 10.4. The van der Waals surface area contributed by atoms with E-state index >= 15 is 0 Å². The van der Waals surface area contributed by atoms with E-state index in [4.69, 9.17) is 15.5 Å². The summed E-state index contributed by atoms with van der Waals surface area (Å²) in [5.74, 6) is 5.01. The standard InChI is InChI=1S/C6H19N4O2/c1-10(11-2,12-3)6-4-5-8-9-7/h8-9H,4-7H2,1-3H3/q+1. The van der Waals surface area contributed by atoms with Gasteiger partial charge in [0.1, 0.15) is 13.6 Å². The fourth-order valence-corrected chi connectivity index (χ4v) is 0.784. The number of hydrogen-bond acceptors (Lipinski definition) is 5. The number of hydrazine groups is 2. The quantitative estimate of drug-likeness (QED) is 0.201. The summed E-state index contributed by atoms with van der Waals surface area (Å²) in [7, 11) is 5.06. The lowest BCUT2D eigenvalue weighted by Gasteiger charge is -2.24. The molecule has 0 aromatic heterocycles. The van der Waals surface area contributed by atoms with Gasteiger partial charge in [0.05, 0.1) is 14.2 Å². The molecule has 0 spiro atoms. The van der Waals surface area contributed by atoms with Gasteiger partial charge in [-0.05, 0) is 4.81 Å². The Morgan fingerprint density at radius 1 is 1.33 bits per heavy atom. The van der Waals surface area contributed by atoms with Crippen LogP contribution < -0.4 is 16.8 Å². The normalized spacial score (nSPS) is 12.0. The fourth-order valence-electron chi connectivity index (χ4n) is 0.784. The van der Waals surface area contributed by atoms with Crippen molar-refractivity contribution in [3.05, 3.63) is 0 Å². The first-order valence-corrected chi connectivity index (χ1v) is 3.84. The van der Waals surface area contributed by atoms with Crippen LogP contribution in [0.4, 0.5) is 0 Å². The van der Waals surface area contributed by atoms with Crippen LogP contribution in [0.2, 0.25) is 0 Å². The van der Waals surface area contributed by atoms with E-state index in [1.165, 1.54) is 0 Å². The molecule has 0 atom stereocenters. The molecule has 12 heavy (non-hydrogen) atoms. The number of rotatable bonds is 7. The van der Waals surface area contributed by atoms with Crippen molar-refractivity contribution in [2.75, 3.05) is 34.4 Å². The molecule has 4 N–H and O–H groups in total. The first-order chi connectivity index (χ1) is 5.68. The average Bonchev–Trinajstić information content (AvgIpc) is 2.12. The van der Waals surface area contributed by atoms with Gasteiger partial charge >= 0.3 is 0 Å². The number of hydroxylamine groups is 4. The van der Waals surface area contributed by atoms with Gasteiger partial charge in [0.15, 0.2) is 0 Å². The van der Waals surface area contributed by atoms with Gasteiger partial charge in [-0.2, -0.15) is 15.2 Å². The van der Waals surface area contributed by atoms with Crippen LogP contribution in [-0.2, 0) is 9.68 Å². The third-order valence-corrected chi connectivity index (χ3v) is 1.74. The minimum absolute atomic E-state index is 0.145. The largest absolute Gasteiger partial charge is 0.258 e. The Labute approximate surface area is 73.0 Å². The van der Waals surface area contributed by atoms with E-state index in [2.05, 4.69) is 11.0 Å². The summed E-state index contributed by atoms with van der Waals surface area (Å²) < 4.78 is 0. The van der Waals surface area contributed by atoms with Crippen molar-refractivity contribution in [2.45, 2.75) is 6.42 Å². The second-order valence-electron chi connectivity index (χ2n) is 2.53. The minimum Gasteiger partial charge on any atom is -0.258 e. The van der Waals surface area contributed by atoms with E-state index in [-0.39, 0.29) is 4.81 Å². The Balaban J connectivity index is 3.45. The van der Waals surface area contributed by atoms with Gasteiger partial charge in [-0.3, -0.25) is 5.84 Å². The van der Waals surface area contributed by atoms with E-state index in [0.717, 1.165) is 19.5 Å². The van der Waals surface area contributed by atoms with Gasteiger partial charge in [0.25, 0.3) is 0 Å². The zero-order valence-electron chi connectivity index (χ0n) is 7.96. The molecule has 0 bridgehead atoms. The summed E-state index contributed by atoms with van der Waals surface area (Å²) in [5.41, 5.74) is 5.13. The highest BCUT2D eigenvalue weighted by molar-refractivity contribution is 4.35. The summed E-state index contributed by atoms with van der Waals surface area (Å²) in [6, 6.07) is 0. The van der Waals surface area contributed by atoms with E-state index in [1.807, 2.05) is 7.05 Å². The summed E-state index contributed by atoms with van der Waals surface area (Å²) >= 11 is 0. The number of hydrogen-bond donors (Lipinski definition) is 3. The Bertz CT molecular complexity index is 108. The van der Waals surface area contributed by atoms with Crippen LogP contribution in [0.15, 0.2) is 0 Å². The van der Waals surface area contributed by atoms with Crippen LogP contribution in [-0.4, -0.2) is 39.2 Å². The predicted octanol–water partition coefficient (Wildman–Crippen LogP) is -1.09. The van der Waals surface area contributed by atoms with Crippen molar-refractivity contribution in [3.63, 3.8) is 0 Å². The molecular formula is C6H19N4O2+. The summed E-state index contributed by atoms with van der Waals surface area (Å²) in [6.07, 6.45) is 0.905. The molecule has 0 amide bonds. The molecule has 6 heteroatoms. The average molecular weight is 179 g/mol. The predicted molar refractivity (Wildman–Crippen MR) is 45.0 cm³/mol. The van der Waals surface area contributed by atoms with Crippen LogP contribution in [0, 0.1) is 0 Å². The smallest absolute Gasteiger partial charge is 0.143 e. The number of nitrogens with one attached hydrogen (secondary N) is 2. The third-order valence-electron chi connectivity index (χ3n) is 1.74. The maximum absolute atomic E-state index is 5.10.